The summed E-state index contributed by atoms with van der Waals surface area (Å²) in [5.41, 5.74) is -0.197. The van der Waals surface area contributed by atoms with Gasteiger partial charge in [0.15, 0.2) is 0 Å². The first kappa shape index (κ1) is 16.1. The Labute approximate surface area is 135 Å². The van der Waals surface area contributed by atoms with Crippen LogP contribution >= 0.6 is 34.5 Å². The van der Waals surface area contributed by atoms with Crippen LogP contribution in [0, 0.1) is 0 Å². The largest absolute Gasteiger partial charge is 0.507 e. The topological polar surface area (TPSA) is 98.1 Å². The molecule has 0 aliphatic rings. The minimum Gasteiger partial charge on any atom is -0.507 e. The first-order valence-corrected chi connectivity index (χ1v) is 7.87. The number of carboxylic acids is 1. The first-order valence-electron chi connectivity index (χ1n) is 5.23. The molecule has 1 aromatic heterocycles. The van der Waals surface area contributed by atoms with E-state index in [0.717, 1.165) is 27.8 Å². The number of aromatic carboxylic acids is 1. The molecule has 6 nitrogen and oxygen atoms in total. The summed E-state index contributed by atoms with van der Waals surface area (Å²) in [6, 6.07) is 4.88. The molecule has 1 unspecified atom stereocenters. The molecule has 0 aliphatic carbocycles. The van der Waals surface area contributed by atoms with E-state index in [0.29, 0.717) is 0 Å². The number of rotatable bonds is 4. The van der Waals surface area contributed by atoms with Gasteiger partial charge < -0.3 is 10.2 Å². The fraction of sp³-hybridized carbons (Fsp3) is 0. The molecule has 21 heavy (non-hydrogen) atoms. The summed E-state index contributed by atoms with van der Waals surface area (Å²) in [7, 11) is 0. The Morgan fingerprint density at radius 1 is 1.29 bits per heavy atom. The molecule has 112 valence electrons. The highest BCUT2D eigenvalue weighted by Gasteiger charge is 2.21. The molecule has 2 aromatic rings. The van der Waals surface area contributed by atoms with E-state index in [1.807, 2.05) is 0 Å². The van der Waals surface area contributed by atoms with Crippen LogP contribution in [0.1, 0.15) is 10.4 Å². The van der Waals surface area contributed by atoms with Crippen molar-refractivity contribution in [3.8, 4) is 5.75 Å². The number of benzene rings is 1. The lowest BCUT2D eigenvalue weighted by molar-refractivity contribution is 0.0694. The van der Waals surface area contributed by atoms with Crippen LogP contribution in [0.4, 0.5) is 10.7 Å². The van der Waals surface area contributed by atoms with Crippen LogP contribution in [0.2, 0.25) is 9.36 Å². The van der Waals surface area contributed by atoms with E-state index in [2.05, 4.69) is 0 Å². The number of anilines is 2. The quantitative estimate of drug-likeness (QED) is 0.715. The molecule has 10 heteroatoms. The number of hydrogen-bond donors (Lipinski definition) is 3. The molecule has 1 atom stereocenters. The standard InChI is InChI=1S/C11H7Cl2NO5S2/c12-7-4-9(20-10(7)13)14(21(18)19)5-1-2-6(11(16)17)8(15)3-5/h1-4,15H,(H,16,17)(H,18,19). The van der Waals surface area contributed by atoms with Crippen LogP contribution in [-0.4, -0.2) is 24.9 Å². The predicted molar refractivity (Wildman–Crippen MR) is 82.3 cm³/mol. The zero-order chi connectivity index (χ0) is 15.7. The van der Waals surface area contributed by atoms with Gasteiger partial charge in [-0.15, -0.1) is 11.3 Å². The zero-order valence-electron chi connectivity index (χ0n) is 9.99. The third kappa shape index (κ3) is 3.30. The molecule has 1 aromatic carbocycles. The van der Waals surface area contributed by atoms with Gasteiger partial charge in [0, 0.05) is 6.07 Å². The number of aromatic hydroxyl groups is 1. The Bertz CT molecular complexity index is 714. The van der Waals surface area contributed by atoms with Gasteiger partial charge in [-0.3, -0.25) is 4.55 Å². The molecule has 0 aliphatic heterocycles. The molecule has 1 heterocycles. The van der Waals surface area contributed by atoms with Crippen molar-refractivity contribution in [1.82, 2.24) is 0 Å². The van der Waals surface area contributed by atoms with Gasteiger partial charge in [-0.2, -0.15) is 0 Å². The van der Waals surface area contributed by atoms with Crippen molar-refractivity contribution in [2.24, 2.45) is 0 Å². The van der Waals surface area contributed by atoms with Crippen molar-refractivity contribution in [1.29, 1.82) is 0 Å². The Kier molecular flexibility index (Phi) is 4.74. The maximum Gasteiger partial charge on any atom is 0.339 e. The molecule has 0 radical (unpaired) electrons. The van der Waals surface area contributed by atoms with E-state index in [1.54, 1.807) is 0 Å². The zero-order valence-corrected chi connectivity index (χ0v) is 13.1. The van der Waals surface area contributed by atoms with Gasteiger partial charge >= 0.3 is 5.97 Å². The lowest BCUT2D eigenvalue weighted by Crippen LogP contribution is -2.18. The summed E-state index contributed by atoms with van der Waals surface area (Å²) < 4.78 is 22.1. The summed E-state index contributed by atoms with van der Waals surface area (Å²) in [6.45, 7) is 0. The third-order valence-electron chi connectivity index (χ3n) is 2.43. The van der Waals surface area contributed by atoms with Gasteiger partial charge in [-0.1, -0.05) is 23.2 Å². The van der Waals surface area contributed by atoms with Crippen LogP contribution in [0.3, 0.4) is 0 Å². The highest BCUT2D eigenvalue weighted by Crippen LogP contribution is 2.41. The van der Waals surface area contributed by atoms with E-state index in [9.17, 15) is 18.7 Å². The van der Waals surface area contributed by atoms with Crippen molar-refractivity contribution in [3.05, 3.63) is 39.2 Å². The Hall–Kier alpha value is -1.32. The summed E-state index contributed by atoms with van der Waals surface area (Å²) in [4.78, 5) is 10.8. The molecule has 0 saturated heterocycles. The summed E-state index contributed by atoms with van der Waals surface area (Å²) in [5.74, 6) is -1.83. The monoisotopic (exact) mass is 367 g/mol. The molecule has 0 bridgehead atoms. The van der Waals surface area contributed by atoms with E-state index in [1.165, 1.54) is 12.1 Å². The average Bonchev–Trinajstić information content (AvgIpc) is 2.68. The normalized spacial score (nSPS) is 12.1. The van der Waals surface area contributed by atoms with E-state index in [4.69, 9.17) is 28.3 Å². The summed E-state index contributed by atoms with van der Waals surface area (Å²) >= 11 is 10.1. The number of hydrogen-bond acceptors (Lipinski definition) is 4. The lowest BCUT2D eigenvalue weighted by atomic mass is 10.2. The lowest BCUT2D eigenvalue weighted by Gasteiger charge is -2.18. The van der Waals surface area contributed by atoms with Crippen molar-refractivity contribution < 1.29 is 23.8 Å². The first-order chi connectivity index (χ1) is 9.81. The van der Waals surface area contributed by atoms with Crippen LogP contribution in [0.15, 0.2) is 24.3 Å². The van der Waals surface area contributed by atoms with Crippen molar-refractivity contribution in [2.45, 2.75) is 0 Å². The molecule has 0 spiro atoms. The molecule has 0 fully saturated rings. The van der Waals surface area contributed by atoms with Gasteiger partial charge in [-0.05, 0) is 18.2 Å². The fourth-order valence-electron chi connectivity index (χ4n) is 1.56. The maximum atomic E-state index is 11.5. The Morgan fingerprint density at radius 2 is 1.95 bits per heavy atom. The van der Waals surface area contributed by atoms with Crippen molar-refractivity contribution in [3.63, 3.8) is 0 Å². The predicted octanol–water partition coefficient (Wildman–Crippen LogP) is 3.73. The number of thiophene rings is 1. The number of nitrogens with zero attached hydrogens (tertiary/aromatic N) is 1. The van der Waals surface area contributed by atoms with Gasteiger partial charge in [0.05, 0.1) is 10.7 Å². The summed E-state index contributed by atoms with van der Waals surface area (Å²) in [6.07, 6.45) is 0. The van der Waals surface area contributed by atoms with Crippen LogP contribution in [-0.2, 0) is 11.3 Å². The third-order valence-corrected chi connectivity index (χ3v) is 5.12. The van der Waals surface area contributed by atoms with E-state index in [-0.39, 0.29) is 25.6 Å². The minimum atomic E-state index is -2.46. The molecule has 0 amide bonds. The minimum absolute atomic E-state index is 0.118. The molecule has 3 N–H and O–H groups in total. The average molecular weight is 368 g/mol. The van der Waals surface area contributed by atoms with E-state index < -0.39 is 23.0 Å². The highest BCUT2D eigenvalue weighted by atomic mass is 35.5. The van der Waals surface area contributed by atoms with Gasteiger partial charge in [-0.25, -0.2) is 13.3 Å². The molecular formula is C11H7Cl2NO5S2. The Balaban J connectivity index is 2.51. The van der Waals surface area contributed by atoms with Crippen LogP contribution in [0.5, 0.6) is 5.75 Å². The number of halogens is 2. The Morgan fingerprint density at radius 3 is 2.38 bits per heavy atom. The molecule has 2 rings (SSSR count). The second-order valence-electron chi connectivity index (χ2n) is 3.74. The van der Waals surface area contributed by atoms with Gasteiger partial charge in [0.25, 0.3) is 11.3 Å². The maximum absolute atomic E-state index is 11.5. The van der Waals surface area contributed by atoms with Crippen LogP contribution in [0.25, 0.3) is 0 Å². The fourth-order valence-corrected chi connectivity index (χ4v) is 3.64. The second-order valence-corrected chi connectivity index (χ2v) is 6.60. The van der Waals surface area contributed by atoms with Crippen molar-refractivity contribution >= 4 is 62.5 Å². The summed E-state index contributed by atoms with van der Waals surface area (Å²) in [5, 5.41) is 19.0. The van der Waals surface area contributed by atoms with Gasteiger partial charge in [0.1, 0.15) is 20.7 Å². The number of carboxylic acid groups (broad SMARTS) is 1. The van der Waals surface area contributed by atoms with Gasteiger partial charge in [0.2, 0.25) is 0 Å². The van der Waals surface area contributed by atoms with Crippen LogP contribution < -0.4 is 4.31 Å². The van der Waals surface area contributed by atoms with Crippen molar-refractivity contribution in [2.75, 3.05) is 4.31 Å². The molecule has 0 saturated carbocycles. The number of carbonyl (C=O) groups is 1. The second kappa shape index (κ2) is 6.20. The molecular weight excluding hydrogens is 361 g/mol. The SMILES string of the molecule is O=C(O)c1ccc(N(c2cc(Cl)c(Cl)s2)S(=O)O)cc1O. The highest BCUT2D eigenvalue weighted by molar-refractivity contribution is 7.81. The smallest absolute Gasteiger partial charge is 0.339 e. The van der Waals surface area contributed by atoms with E-state index >= 15 is 0 Å². The number of phenols is 1.